The smallest absolute Gasteiger partial charge is 0.183 e. The Labute approximate surface area is 145 Å². The van der Waals surface area contributed by atoms with E-state index in [0.29, 0.717) is 18.8 Å². The summed E-state index contributed by atoms with van der Waals surface area (Å²) < 4.78 is 44.8. The highest BCUT2D eigenvalue weighted by molar-refractivity contribution is 5.34. The molecule has 132 valence electrons. The van der Waals surface area contributed by atoms with Crippen molar-refractivity contribution in [2.24, 2.45) is 5.92 Å². The van der Waals surface area contributed by atoms with Crippen molar-refractivity contribution in [1.82, 2.24) is 0 Å². The fraction of sp³-hybridized carbons (Fsp3) is 0.300. The van der Waals surface area contributed by atoms with E-state index in [1.165, 1.54) is 25.3 Å². The first-order valence-corrected chi connectivity index (χ1v) is 8.06. The zero-order chi connectivity index (χ0) is 17.8. The van der Waals surface area contributed by atoms with Gasteiger partial charge in [0.2, 0.25) is 0 Å². The lowest BCUT2D eigenvalue weighted by molar-refractivity contribution is -0.197. The molecule has 0 radical (unpaired) electrons. The molecule has 1 saturated heterocycles. The van der Waals surface area contributed by atoms with Crippen molar-refractivity contribution in [2.45, 2.75) is 12.4 Å². The van der Waals surface area contributed by atoms with Gasteiger partial charge in [-0.05, 0) is 17.7 Å². The molecule has 1 aliphatic heterocycles. The molecule has 0 saturated carbocycles. The molecule has 0 spiro atoms. The van der Waals surface area contributed by atoms with E-state index < -0.39 is 24.0 Å². The molecule has 3 rings (SSSR count). The van der Waals surface area contributed by atoms with Crippen molar-refractivity contribution >= 4 is 0 Å². The van der Waals surface area contributed by atoms with E-state index in [1.54, 1.807) is 12.1 Å². The fourth-order valence-electron chi connectivity index (χ4n) is 2.86. The van der Waals surface area contributed by atoms with Crippen LogP contribution in [0.3, 0.4) is 0 Å². The first-order valence-electron chi connectivity index (χ1n) is 8.06. The highest BCUT2D eigenvalue weighted by Crippen LogP contribution is 2.32. The maximum Gasteiger partial charge on any atom is 0.183 e. The third-order valence-electron chi connectivity index (χ3n) is 4.27. The molecule has 1 aliphatic rings. The second kappa shape index (κ2) is 7.87. The van der Waals surface area contributed by atoms with Gasteiger partial charge in [0.15, 0.2) is 6.29 Å². The lowest BCUT2D eigenvalue weighted by atomic mass is 9.99. The van der Waals surface area contributed by atoms with Crippen molar-refractivity contribution in [3.63, 3.8) is 0 Å². The van der Waals surface area contributed by atoms with Gasteiger partial charge in [-0.1, -0.05) is 36.4 Å². The molecule has 1 unspecified atom stereocenters. The van der Waals surface area contributed by atoms with Gasteiger partial charge in [-0.3, -0.25) is 0 Å². The van der Waals surface area contributed by atoms with Crippen LogP contribution in [0.5, 0.6) is 0 Å². The Morgan fingerprint density at radius 1 is 1.08 bits per heavy atom. The summed E-state index contributed by atoms with van der Waals surface area (Å²) in [6, 6.07) is 10.9. The standard InChI is InChI=1S/C20H20F2O3/c1-3-13-11-24-20(25-12-13)15-9-7-14(8-10-15)19(23-2)18-16(21)5-4-6-17(18)22/h3-10,13,19-20H,1,11-12H2,2H3/t13-,19?,20-. The summed E-state index contributed by atoms with van der Waals surface area (Å²) in [5, 5.41) is 0. The normalized spacial score (nSPS) is 21.7. The minimum atomic E-state index is -0.825. The zero-order valence-corrected chi connectivity index (χ0v) is 14.0. The number of hydrogen-bond acceptors (Lipinski definition) is 3. The lowest BCUT2D eigenvalue weighted by Crippen LogP contribution is -2.25. The molecule has 5 heteroatoms. The first-order chi connectivity index (χ1) is 12.1. The minimum absolute atomic E-state index is 0.100. The summed E-state index contributed by atoms with van der Waals surface area (Å²) in [6.07, 6.45) is 0.538. The van der Waals surface area contributed by atoms with Crippen LogP contribution in [0.1, 0.15) is 29.1 Å². The third kappa shape index (κ3) is 3.79. The molecular weight excluding hydrogens is 326 g/mol. The van der Waals surface area contributed by atoms with Crippen LogP contribution in [-0.2, 0) is 14.2 Å². The number of halogens is 2. The molecule has 0 aliphatic carbocycles. The van der Waals surface area contributed by atoms with Crippen molar-refractivity contribution in [1.29, 1.82) is 0 Å². The number of methoxy groups -OCH3 is 1. The molecule has 2 aromatic rings. The van der Waals surface area contributed by atoms with Crippen molar-refractivity contribution in [3.8, 4) is 0 Å². The average molecular weight is 346 g/mol. The van der Waals surface area contributed by atoms with Crippen molar-refractivity contribution < 1.29 is 23.0 Å². The van der Waals surface area contributed by atoms with E-state index in [0.717, 1.165) is 5.56 Å². The van der Waals surface area contributed by atoms with Crippen molar-refractivity contribution in [2.75, 3.05) is 20.3 Å². The Balaban J connectivity index is 1.80. The van der Waals surface area contributed by atoms with Gasteiger partial charge in [0.1, 0.15) is 17.7 Å². The average Bonchev–Trinajstić information content (AvgIpc) is 2.65. The molecule has 2 aromatic carbocycles. The lowest BCUT2D eigenvalue weighted by Gasteiger charge is -2.28. The summed E-state index contributed by atoms with van der Waals surface area (Å²) in [4.78, 5) is 0. The molecular formula is C20H20F2O3. The van der Waals surface area contributed by atoms with E-state index in [1.807, 2.05) is 18.2 Å². The molecule has 0 bridgehead atoms. The predicted molar refractivity (Wildman–Crippen MR) is 90.0 cm³/mol. The van der Waals surface area contributed by atoms with Crippen LogP contribution in [0.25, 0.3) is 0 Å². The second-order valence-corrected chi connectivity index (χ2v) is 5.91. The molecule has 1 heterocycles. The molecule has 1 fully saturated rings. The van der Waals surface area contributed by atoms with Gasteiger partial charge in [-0.2, -0.15) is 0 Å². The van der Waals surface area contributed by atoms with Crippen LogP contribution in [-0.4, -0.2) is 20.3 Å². The maximum absolute atomic E-state index is 14.0. The Morgan fingerprint density at radius 2 is 1.68 bits per heavy atom. The van der Waals surface area contributed by atoms with Crippen LogP contribution >= 0.6 is 0 Å². The third-order valence-corrected chi connectivity index (χ3v) is 4.27. The van der Waals surface area contributed by atoms with Gasteiger partial charge in [-0.25, -0.2) is 8.78 Å². The first kappa shape index (κ1) is 17.7. The fourth-order valence-corrected chi connectivity index (χ4v) is 2.86. The van der Waals surface area contributed by atoms with Gasteiger partial charge in [0.25, 0.3) is 0 Å². The number of hydrogen-bond donors (Lipinski definition) is 0. The number of benzene rings is 2. The van der Waals surface area contributed by atoms with E-state index in [9.17, 15) is 8.78 Å². The topological polar surface area (TPSA) is 27.7 Å². The van der Waals surface area contributed by atoms with Gasteiger partial charge in [0, 0.05) is 18.6 Å². The maximum atomic E-state index is 14.0. The Kier molecular flexibility index (Phi) is 5.58. The molecule has 0 aromatic heterocycles. The molecule has 0 N–H and O–H groups in total. The largest absolute Gasteiger partial charge is 0.372 e. The zero-order valence-electron chi connectivity index (χ0n) is 14.0. The van der Waals surface area contributed by atoms with E-state index in [4.69, 9.17) is 14.2 Å². The summed E-state index contributed by atoms with van der Waals surface area (Å²) in [5.41, 5.74) is 1.39. The van der Waals surface area contributed by atoms with Crippen LogP contribution in [0, 0.1) is 17.6 Å². The van der Waals surface area contributed by atoms with Crippen LogP contribution in [0.2, 0.25) is 0 Å². The summed E-state index contributed by atoms with van der Waals surface area (Å²) in [6.45, 7) is 4.84. The second-order valence-electron chi connectivity index (χ2n) is 5.91. The minimum Gasteiger partial charge on any atom is -0.372 e. The summed E-state index contributed by atoms with van der Waals surface area (Å²) in [5.74, 6) is -1.08. The van der Waals surface area contributed by atoms with Crippen LogP contribution in [0.15, 0.2) is 55.1 Å². The van der Waals surface area contributed by atoms with Crippen molar-refractivity contribution in [3.05, 3.63) is 83.4 Å². The van der Waals surface area contributed by atoms with Crippen LogP contribution in [0.4, 0.5) is 8.78 Å². The summed E-state index contributed by atoms with van der Waals surface area (Å²) >= 11 is 0. The molecule has 25 heavy (non-hydrogen) atoms. The number of ether oxygens (including phenoxy) is 3. The molecule has 1 atom stereocenters. The Hall–Kier alpha value is -2.08. The monoisotopic (exact) mass is 346 g/mol. The highest BCUT2D eigenvalue weighted by Gasteiger charge is 2.24. The van der Waals surface area contributed by atoms with Gasteiger partial charge in [-0.15, -0.1) is 6.58 Å². The SMILES string of the molecule is C=C[C@H]1CO[C@H](c2ccc(C(OC)c3c(F)cccc3F)cc2)OC1. The quantitative estimate of drug-likeness (QED) is 0.744. The Morgan fingerprint density at radius 3 is 2.20 bits per heavy atom. The predicted octanol–water partition coefficient (Wildman–Crippen LogP) is 4.55. The summed E-state index contributed by atoms with van der Waals surface area (Å²) in [7, 11) is 1.42. The molecule has 0 amide bonds. The van der Waals surface area contributed by atoms with E-state index >= 15 is 0 Å². The van der Waals surface area contributed by atoms with E-state index in [-0.39, 0.29) is 11.5 Å². The van der Waals surface area contributed by atoms with Gasteiger partial charge >= 0.3 is 0 Å². The highest BCUT2D eigenvalue weighted by atomic mass is 19.1. The van der Waals surface area contributed by atoms with E-state index in [2.05, 4.69) is 6.58 Å². The molecule has 3 nitrogen and oxygen atoms in total. The van der Waals surface area contributed by atoms with Gasteiger partial charge in [0.05, 0.1) is 18.8 Å². The van der Waals surface area contributed by atoms with Gasteiger partial charge < -0.3 is 14.2 Å². The Bertz CT molecular complexity index is 702. The number of rotatable bonds is 5. The van der Waals surface area contributed by atoms with Crippen LogP contribution < -0.4 is 0 Å².